The zero-order valence-corrected chi connectivity index (χ0v) is 15.9. The van der Waals surface area contributed by atoms with E-state index in [2.05, 4.69) is 5.32 Å². The summed E-state index contributed by atoms with van der Waals surface area (Å²) >= 11 is 0. The number of sulfonamides is 1. The summed E-state index contributed by atoms with van der Waals surface area (Å²) in [6, 6.07) is 13.1. The van der Waals surface area contributed by atoms with Crippen LogP contribution in [-0.2, 0) is 14.8 Å². The standard InChI is InChI=1S/C19H22N2O5S/c1-3-9-16(19(23)24)20-18(22)15-12-7-8-13-17(15)27(25,26)21(2)14-10-5-4-6-11-14/h4-8,10-13,16H,3,9H2,1-2H3,(H,20,22)(H,23,24). The van der Waals surface area contributed by atoms with Gasteiger partial charge in [-0.1, -0.05) is 43.7 Å². The predicted octanol–water partition coefficient (Wildman–Crippen LogP) is 2.49. The van der Waals surface area contributed by atoms with Crippen LogP contribution in [0.2, 0.25) is 0 Å². The third kappa shape index (κ3) is 4.65. The molecular formula is C19H22N2O5S. The van der Waals surface area contributed by atoms with Crippen LogP contribution in [0.1, 0.15) is 30.1 Å². The monoisotopic (exact) mass is 390 g/mol. The molecule has 2 N–H and O–H groups in total. The summed E-state index contributed by atoms with van der Waals surface area (Å²) in [7, 11) is -2.61. The number of nitrogens with zero attached hydrogens (tertiary/aromatic N) is 1. The third-order valence-electron chi connectivity index (χ3n) is 4.07. The lowest BCUT2D eigenvalue weighted by Crippen LogP contribution is -2.41. The molecule has 0 heterocycles. The smallest absolute Gasteiger partial charge is 0.326 e. The molecule has 0 aliphatic rings. The highest BCUT2D eigenvalue weighted by atomic mass is 32.2. The van der Waals surface area contributed by atoms with Crippen LogP contribution in [0.3, 0.4) is 0 Å². The number of rotatable bonds is 8. The Morgan fingerprint density at radius 2 is 1.67 bits per heavy atom. The number of carboxylic acid groups (broad SMARTS) is 1. The number of hydrogen-bond donors (Lipinski definition) is 2. The number of aliphatic carboxylic acids is 1. The molecule has 1 atom stereocenters. The number of hydrogen-bond acceptors (Lipinski definition) is 4. The molecular weight excluding hydrogens is 368 g/mol. The van der Waals surface area contributed by atoms with Crippen molar-refractivity contribution >= 4 is 27.6 Å². The minimum atomic E-state index is -4.01. The number of carbonyl (C=O) groups excluding carboxylic acids is 1. The summed E-state index contributed by atoms with van der Waals surface area (Å²) in [6.45, 7) is 1.80. The van der Waals surface area contributed by atoms with Gasteiger partial charge in [-0.2, -0.15) is 0 Å². The fourth-order valence-electron chi connectivity index (χ4n) is 2.59. The Morgan fingerprint density at radius 1 is 1.07 bits per heavy atom. The van der Waals surface area contributed by atoms with Crippen molar-refractivity contribution < 1.29 is 23.1 Å². The maximum atomic E-state index is 13.0. The second-order valence-corrected chi connectivity index (χ2v) is 7.89. The summed E-state index contributed by atoms with van der Waals surface area (Å²) in [4.78, 5) is 23.7. The molecule has 27 heavy (non-hydrogen) atoms. The maximum absolute atomic E-state index is 13.0. The minimum Gasteiger partial charge on any atom is -0.480 e. The lowest BCUT2D eigenvalue weighted by Gasteiger charge is -2.21. The fourth-order valence-corrected chi connectivity index (χ4v) is 3.97. The van der Waals surface area contributed by atoms with E-state index in [4.69, 9.17) is 0 Å². The average Bonchev–Trinajstić information content (AvgIpc) is 2.67. The highest BCUT2D eigenvalue weighted by molar-refractivity contribution is 7.92. The van der Waals surface area contributed by atoms with Crippen LogP contribution in [0.25, 0.3) is 0 Å². The van der Waals surface area contributed by atoms with E-state index in [9.17, 15) is 23.1 Å². The van der Waals surface area contributed by atoms with E-state index in [1.54, 1.807) is 37.3 Å². The second kappa shape index (κ2) is 8.68. The van der Waals surface area contributed by atoms with Gasteiger partial charge in [-0.25, -0.2) is 13.2 Å². The van der Waals surface area contributed by atoms with Crippen LogP contribution in [0.4, 0.5) is 5.69 Å². The first kappa shape index (κ1) is 20.4. The first-order valence-corrected chi connectivity index (χ1v) is 9.89. The normalized spacial score (nSPS) is 12.2. The predicted molar refractivity (Wildman–Crippen MR) is 102 cm³/mol. The molecule has 2 aromatic rings. The number of carboxylic acids is 1. The molecule has 0 aliphatic carbocycles. The van der Waals surface area contributed by atoms with Crippen LogP contribution in [0.15, 0.2) is 59.5 Å². The summed E-state index contributed by atoms with van der Waals surface area (Å²) < 4.78 is 27.1. The maximum Gasteiger partial charge on any atom is 0.326 e. The Morgan fingerprint density at radius 3 is 2.26 bits per heavy atom. The topological polar surface area (TPSA) is 104 Å². The lowest BCUT2D eigenvalue weighted by atomic mass is 10.1. The molecule has 0 saturated carbocycles. The second-order valence-electron chi connectivity index (χ2n) is 5.96. The Balaban J connectivity index is 2.39. The first-order chi connectivity index (χ1) is 12.8. The zero-order valence-electron chi connectivity index (χ0n) is 15.1. The molecule has 7 nitrogen and oxygen atoms in total. The molecule has 0 aromatic heterocycles. The Kier molecular flexibility index (Phi) is 6.57. The zero-order chi connectivity index (χ0) is 20.0. The fraction of sp³-hybridized carbons (Fsp3) is 0.263. The van der Waals surface area contributed by atoms with E-state index >= 15 is 0 Å². The number of carbonyl (C=O) groups is 2. The molecule has 0 bridgehead atoms. The number of anilines is 1. The summed E-state index contributed by atoms with van der Waals surface area (Å²) in [5.41, 5.74) is 0.352. The van der Waals surface area contributed by atoms with Crippen molar-refractivity contribution in [3.8, 4) is 0 Å². The van der Waals surface area contributed by atoms with Gasteiger partial charge >= 0.3 is 5.97 Å². The summed E-state index contributed by atoms with van der Waals surface area (Å²) in [5.74, 6) is -1.90. The van der Waals surface area contributed by atoms with Gasteiger partial charge in [0.05, 0.1) is 11.3 Å². The molecule has 0 saturated heterocycles. The molecule has 1 amide bonds. The van der Waals surface area contributed by atoms with Gasteiger partial charge in [0.1, 0.15) is 10.9 Å². The van der Waals surface area contributed by atoms with Gasteiger partial charge in [0.25, 0.3) is 15.9 Å². The van der Waals surface area contributed by atoms with Crippen molar-refractivity contribution in [1.29, 1.82) is 0 Å². The van der Waals surface area contributed by atoms with Gasteiger partial charge in [0, 0.05) is 7.05 Å². The molecule has 0 aliphatic heterocycles. The largest absolute Gasteiger partial charge is 0.480 e. The van der Waals surface area contributed by atoms with Gasteiger partial charge in [-0.3, -0.25) is 9.10 Å². The Hall–Kier alpha value is -2.87. The molecule has 0 fully saturated rings. The van der Waals surface area contributed by atoms with Gasteiger partial charge in [0.15, 0.2) is 0 Å². The van der Waals surface area contributed by atoms with E-state index in [1.165, 1.54) is 31.3 Å². The van der Waals surface area contributed by atoms with Gasteiger partial charge in [-0.15, -0.1) is 0 Å². The van der Waals surface area contributed by atoms with Crippen molar-refractivity contribution in [2.45, 2.75) is 30.7 Å². The van der Waals surface area contributed by atoms with E-state index in [1.807, 2.05) is 0 Å². The van der Waals surface area contributed by atoms with Crippen molar-refractivity contribution in [2.24, 2.45) is 0 Å². The van der Waals surface area contributed by atoms with Crippen molar-refractivity contribution in [1.82, 2.24) is 5.32 Å². The van der Waals surface area contributed by atoms with Crippen LogP contribution in [-0.4, -0.2) is 38.5 Å². The van der Waals surface area contributed by atoms with Crippen LogP contribution in [0, 0.1) is 0 Å². The van der Waals surface area contributed by atoms with Gasteiger partial charge in [0.2, 0.25) is 0 Å². The number of benzene rings is 2. The molecule has 144 valence electrons. The Bertz CT molecular complexity index is 913. The van der Waals surface area contributed by atoms with Crippen LogP contribution < -0.4 is 9.62 Å². The first-order valence-electron chi connectivity index (χ1n) is 8.45. The average molecular weight is 390 g/mol. The van der Waals surface area contributed by atoms with Crippen molar-refractivity contribution in [2.75, 3.05) is 11.4 Å². The minimum absolute atomic E-state index is 0.0948. The van der Waals surface area contributed by atoms with E-state index in [0.29, 0.717) is 12.1 Å². The molecule has 2 aromatic carbocycles. The molecule has 8 heteroatoms. The van der Waals surface area contributed by atoms with Crippen LogP contribution in [0.5, 0.6) is 0 Å². The number of amides is 1. The van der Waals surface area contributed by atoms with Gasteiger partial charge in [-0.05, 0) is 30.7 Å². The summed E-state index contributed by atoms with van der Waals surface area (Å²) in [5, 5.41) is 11.6. The number of nitrogens with one attached hydrogen (secondary N) is 1. The lowest BCUT2D eigenvalue weighted by molar-refractivity contribution is -0.139. The highest BCUT2D eigenvalue weighted by Crippen LogP contribution is 2.24. The molecule has 0 spiro atoms. The van der Waals surface area contributed by atoms with Crippen molar-refractivity contribution in [3.05, 3.63) is 60.2 Å². The Labute approximate surface area is 158 Å². The van der Waals surface area contributed by atoms with E-state index < -0.39 is 27.9 Å². The van der Waals surface area contributed by atoms with Crippen molar-refractivity contribution in [3.63, 3.8) is 0 Å². The quantitative estimate of drug-likeness (QED) is 0.721. The molecule has 2 rings (SSSR count). The highest BCUT2D eigenvalue weighted by Gasteiger charge is 2.28. The molecule has 1 unspecified atom stereocenters. The van der Waals surface area contributed by atoms with Crippen LogP contribution >= 0.6 is 0 Å². The SMILES string of the molecule is CCCC(NC(=O)c1ccccc1S(=O)(=O)N(C)c1ccccc1)C(=O)O. The van der Waals surface area contributed by atoms with E-state index in [0.717, 1.165) is 4.31 Å². The van der Waals surface area contributed by atoms with Gasteiger partial charge < -0.3 is 10.4 Å². The number of para-hydroxylation sites is 1. The van der Waals surface area contributed by atoms with E-state index in [-0.39, 0.29) is 16.9 Å². The molecule has 0 radical (unpaired) electrons. The third-order valence-corrected chi connectivity index (χ3v) is 5.91. The summed E-state index contributed by atoms with van der Waals surface area (Å²) in [6.07, 6.45) is 0.813.